The Morgan fingerprint density at radius 1 is 1.26 bits per heavy atom. The molecule has 0 saturated heterocycles. The molecule has 0 aliphatic rings. The van der Waals surface area contributed by atoms with Crippen LogP contribution in [0.5, 0.6) is 5.75 Å². The molecule has 0 radical (unpaired) electrons. The molecular weight excluding hydrogens is 349 g/mol. The summed E-state index contributed by atoms with van der Waals surface area (Å²) in [6.07, 6.45) is 0.614. The Bertz CT molecular complexity index is 1050. The summed E-state index contributed by atoms with van der Waals surface area (Å²) in [6, 6.07) is 11.2. The van der Waals surface area contributed by atoms with E-state index in [1.165, 1.54) is 23.1 Å². The minimum atomic E-state index is -0.602. The Hall–Kier alpha value is -3.22. The first-order valence-electron chi connectivity index (χ1n) is 8.56. The molecule has 6 nitrogen and oxygen atoms in total. The number of carbonyl (C=O) groups is 1. The number of aromatic nitrogens is 2. The maximum absolute atomic E-state index is 13.8. The summed E-state index contributed by atoms with van der Waals surface area (Å²) in [5.41, 5.74) is -0.0565. The lowest BCUT2D eigenvalue weighted by Crippen LogP contribution is -2.35. The fourth-order valence-electron chi connectivity index (χ4n) is 3.21. The average Bonchev–Trinajstić information content (AvgIpc) is 2.69. The van der Waals surface area contributed by atoms with E-state index in [4.69, 9.17) is 4.74 Å². The standard InChI is InChI=1S/C20H20FN3O3/c1-4-15(12-8-5-6-11-16(12)27-3)24(2)20(26)18-19(25)13-9-7-10-14(21)17(13)22-23-18/h5-11,15H,4H2,1-3H3,(H,22,25). The highest BCUT2D eigenvalue weighted by molar-refractivity contribution is 5.95. The van der Waals surface area contributed by atoms with Crippen LogP contribution in [-0.4, -0.2) is 35.2 Å². The monoisotopic (exact) mass is 369 g/mol. The Kier molecular flexibility index (Phi) is 5.21. The van der Waals surface area contributed by atoms with Crippen molar-refractivity contribution in [2.24, 2.45) is 0 Å². The van der Waals surface area contributed by atoms with Crippen molar-refractivity contribution in [3.05, 3.63) is 69.8 Å². The van der Waals surface area contributed by atoms with Crippen LogP contribution in [0.25, 0.3) is 10.9 Å². The van der Waals surface area contributed by atoms with E-state index in [0.717, 1.165) is 5.56 Å². The van der Waals surface area contributed by atoms with Crippen LogP contribution in [0.4, 0.5) is 4.39 Å². The minimum Gasteiger partial charge on any atom is -0.496 e. The number of amides is 1. The normalized spacial score (nSPS) is 12.0. The van der Waals surface area contributed by atoms with Crippen molar-refractivity contribution in [2.45, 2.75) is 19.4 Å². The lowest BCUT2D eigenvalue weighted by Gasteiger charge is -2.28. The second kappa shape index (κ2) is 7.57. The Labute approximate surface area is 155 Å². The molecule has 0 aliphatic heterocycles. The predicted octanol–water partition coefficient (Wildman–Crippen LogP) is 3.29. The fraction of sp³-hybridized carbons (Fsp3) is 0.250. The molecule has 3 rings (SSSR count). The summed E-state index contributed by atoms with van der Waals surface area (Å²) in [5.74, 6) is -0.475. The molecule has 27 heavy (non-hydrogen) atoms. The van der Waals surface area contributed by atoms with Gasteiger partial charge in [-0.1, -0.05) is 31.2 Å². The molecule has 7 heteroatoms. The third kappa shape index (κ3) is 3.28. The van der Waals surface area contributed by atoms with Gasteiger partial charge in [-0.3, -0.25) is 14.7 Å². The first-order chi connectivity index (χ1) is 13.0. The highest BCUT2D eigenvalue weighted by atomic mass is 19.1. The molecule has 1 heterocycles. The number of ether oxygens (including phenoxy) is 1. The molecule has 1 amide bonds. The van der Waals surface area contributed by atoms with Gasteiger partial charge in [-0.25, -0.2) is 4.39 Å². The van der Waals surface area contributed by atoms with E-state index in [0.29, 0.717) is 12.2 Å². The third-order valence-corrected chi connectivity index (χ3v) is 4.63. The number of nitrogens with zero attached hydrogens (tertiary/aromatic N) is 2. The molecule has 1 N–H and O–H groups in total. The molecule has 0 fully saturated rings. The lowest BCUT2D eigenvalue weighted by atomic mass is 10.0. The van der Waals surface area contributed by atoms with Gasteiger partial charge in [0.1, 0.15) is 17.1 Å². The number of benzene rings is 2. The Morgan fingerprint density at radius 2 is 2.00 bits per heavy atom. The maximum Gasteiger partial charge on any atom is 0.278 e. The number of halogens is 1. The van der Waals surface area contributed by atoms with Crippen LogP contribution in [0.2, 0.25) is 0 Å². The van der Waals surface area contributed by atoms with E-state index >= 15 is 0 Å². The van der Waals surface area contributed by atoms with Gasteiger partial charge in [-0.05, 0) is 24.6 Å². The predicted molar refractivity (Wildman–Crippen MR) is 100 cm³/mol. The van der Waals surface area contributed by atoms with Crippen LogP contribution in [0, 0.1) is 5.82 Å². The topological polar surface area (TPSA) is 75.3 Å². The van der Waals surface area contributed by atoms with E-state index in [1.54, 1.807) is 14.2 Å². The van der Waals surface area contributed by atoms with Crippen molar-refractivity contribution in [1.29, 1.82) is 0 Å². The summed E-state index contributed by atoms with van der Waals surface area (Å²) in [6.45, 7) is 1.94. The smallest absolute Gasteiger partial charge is 0.278 e. The molecule has 1 unspecified atom stereocenters. The van der Waals surface area contributed by atoms with E-state index in [1.807, 2.05) is 31.2 Å². The molecule has 0 aliphatic carbocycles. The van der Waals surface area contributed by atoms with E-state index < -0.39 is 17.2 Å². The van der Waals surface area contributed by atoms with Crippen molar-refractivity contribution < 1.29 is 13.9 Å². The van der Waals surface area contributed by atoms with E-state index in [9.17, 15) is 14.0 Å². The van der Waals surface area contributed by atoms with E-state index in [2.05, 4.69) is 10.2 Å². The number of methoxy groups -OCH3 is 1. The van der Waals surface area contributed by atoms with E-state index in [-0.39, 0.29) is 22.6 Å². The first kappa shape index (κ1) is 18.6. The van der Waals surface area contributed by atoms with Crippen molar-refractivity contribution in [1.82, 2.24) is 15.1 Å². The number of fused-ring (bicyclic) bond motifs is 1. The van der Waals surface area contributed by atoms with Gasteiger partial charge in [-0.15, -0.1) is 0 Å². The number of aromatic amines is 1. The third-order valence-electron chi connectivity index (χ3n) is 4.63. The first-order valence-corrected chi connectivity index (χ1v) is 8.56. The van der Waals surface area contributed by atoms with Crippen LogP contribution in [0.1, 0.15) is 35.4 Å². The fourth-order valence-corrected chi connectivity index (χ4v) is 3.21. The summed E-state index contributed by atoms with van der Waals surface area (Å²) < 4.78 is 19.2. The maximum atomic E-state index is 13.8. The van der Waals surface area contributed by atoms with Crippen LogP contribution in [0.15, 0.2) is 47.3 Å². The second-order valence-electron chi connectivity index (χ2n) is 6.15. The van der Waals surface area contributed by atoms with Crippen molar-refractivity contribution in [3.63, 3.8) is 0 Å². The summed E-state index contributed by atoms with van der Waals surface area (Å²) in [5, 5.41) is 6.42. The van der Waals surface area contributed by atoms with Gasteiger partial charge in [-0.2, -0.15) is 5.10 Å². The van der Waals surface area contributed by atoms with Crippen LogP contribution in [-0.2, 0) is 0 Å². The van der Waals surface area contributed by atoms with Crippen LogP contribution in [0.3, 0.4) is 0 Å². The van der Waals surface area contributed by atoms with Gasteiger partial charge >= 0.3 is 0 Å². The largest absolute Gasteiger partial charge is 0.496 e. The quantitative estimate of drug-likeness (QED) is 0.749. The van der Waals surface area contributed by atoms with Gasteiger partial charge in [0.2, 0.25) is 5.43 Å². The molecule has 0 bridgehead atoms. The zero-order chi connectivity index (χ0) is 19.6. The highest BCUT2D eigenvalue weighted by Gasteiger charge is 2.27. The number of carbonyl (C=O) groups excluding carboxylic acids is 1. The van der Waals surface area contributed by atoms with Gasteiger partial charge in [0, 0.05) is 12.6 Å². The number of rotatable bonds is 5. The molecule has 1 atom stereocenters. The molecule has 1 aromatic heterocycles. The van der Waals surface area contributed by atoms with Gasteiger partial charge in [0.15, 0.2) is 5.69 Å². The average molecular weight is 369 g/mol. The summed E-state index contributed by atoms with van der Waals surface area (Å²) in [7, 11) is 3.18. The highest BCUT2D eigenvalue weighted by Crippen LogP contribution is 2.31. The molecule has 140 valence electrons. The zero-order valence-corrected chi connectivity index (χ0v) is 15.3. The summed E-state index contributed by atoms with van der Waals surface area (Å²) in [4.78, 5) is 27.1. The lowest BCUT2D eigenvalue weighted by molar-refractivity contribution is 0.0716. The van der Waals surface area contributed by atoms with Gasteiger partial charge < -0.3 is 9.64 Å². The zero-order valence-electron chi connectivity index (χ0n) is 15.3. The van der Waals surface area contributed by atoms with Crippen molar-refractivity contribution in [3.8, 4) is 5.75 Å². The van der Waals surface area contributed by atoms with Crippen molar-refractivity contribution in [2.75, 3.05) is 14.2 Å². The molecule has 0 saturated carbocycles. The SMILES string of the molecule is CCC(c1ccccc1OC)N(C)C(=O)c1n[nH]c2c(F)cccc2c1=O. The number of H-pyrrole nitrogens is 1. The number of hydrogen-bond acceptors (Lipinski definition) is 4. The summed E-state index contributed by atoms with van der Waals surface area (Å²) >= 11 is 0. The Balaban J connectivity index is 2.03. The minimum absolute atomic E-state index is 0.0153. The van der Waals surface area contributed by atoms with Gasteiger partial charge in [0.05, 0.1) is 18.5 Å². The number of nitrogens with one attached hydrogen (secondary N) is 1. The van der Waals surface area contributed by atoms with Gasteiger partial charge in [0.25, 0.3) is 5.91 Å². The molecule has 2 aromatic carbocycles. The Morgan fingerprint density at radius 3 is 2.70 bits per heavy atom. The van der Waals surface area contributed by atoms with Crippen molar-refractivity contribution >= 4 is 16.8 Å². The molecule has 0 spiro atoms. The number of hydrogen-bond donors (Lipinski definition) is 1. The van der Waals surface area contributed by atoms with Crippen LogP contribution >= 0.6 is 0 Å². The molecule has 3 aromatic rings. The molecular formula is C20H20FN3O3. The number of para-hydroxylation sites is 2. The van der Waals surface area contributed by atoms with Crippen LogP contribution < -0.4 is 10.2 Å². The second-order valence-corrected chi connectivity index (χ2v) is 6.15.